The van der Waals surface area contributed by atoms with E-state index in [-0.39, 0.29) is 5.78 Å². The number of carbonyl (C=O) groups excluding carboxylic acids is 1. The van der Waals surface area contributed by atoms with Crippen molar-refractivity contribution in [3.63, 3.8) is 0 Å². The maximum atomic E-state index is 12.8. The van der Waals surface area contributed by atoms with Gasteiger partial charge in [0.2, 0.25) is 5.78 Å². The van der Waals surface area contributed by atoms with E-state index in [1.54, 1.807) is 4.68 Å². The van der Waals surface area contributed by atoms with Crippen LogP contribution < -0.4 is 0 Å². The average molecular weight is 389 g/mol. The lowest BCUT2D eigenvalue weighted by Gasteiger charge is -2.08. The summed E-state index contributed by atoms with van der Waals surface area (Å²) in [5.41, 5.74) is 3.04. The first-order valence-electron chi connectivity index (χ1n) is 6.44. The highest BCUT2D eigenvalue weighted by molar-refractivity contribution is 14.1. The third kappa shape index (κ3) is 2.61. The highest BCUT2D eigenvalue weighted by atomic mass is 127. The number of aromatic nitrogens is 3. The molecule has 3 aromatic rings. The minimum atomic E-state index is -0.0723. The summed E-state index contributed by atoms with van der Waals surface area (Å²) in [6.45, 7) is 1.99. The van der Waals surface area contributed by atoms with E-state index in [1.165, 1.54) is 6.20 Å². The summed E-state index contributed by atoms with van der Waals surface area (Å²) in [5.74, 6) is -0.0723. The third-order valence-corrected chi connectivity index (χ3v) is 4.65. The number of hydrogen-bond donors (Lipinski definition) is 0. The molecule has 0 aliphatic rings. The average Bonchev–Trinajstić information content (AvgIpc) is 3.00. The minimum absolute atomic E-state index is 0.0723. The molecule has 0 radical (unpaired) electrons. The van der Waals surface area contributed by atoms with Crippen LogP contribution in [0.2, 0.25) is 0 Å². The number of benzene rings is 2. The van der Waals surface area contributed by atoms with Gasteiger partial charge in [0.15, 0.2) is 0 Å². The van der Waals surface area contributed by atoms with E-state index in [1.807, 2.05) is 55.5 Å². The van der Waals surface area contributed by atoms with Crippen molar-refractivity contribution < 1.29 is 4.79 Å². The lowest BCUT2D eigenvalue weighted by molar-refractivity contribution is 0.103. The molecule has 0 N–H and O–H groups in total. The first-order chi connectivity index (χ1) is 10.2. The molecule has 5 heteroatoms. The number of halogens is 1. The Hall–Kier alpha value is -2.02. The van der Waals surface area contributed by atoms with Gasteiger partial charge in [0.25, 0.3) is 0 Å². The number of rotatable bonds is 3. The summed E-state index contributed by atoms with van der Waals surface area (Å²) in [6.07, 6.45) is 1.51. The predicted molar refractivity (Wildman–Crippen MR) is 88.7 cm³/mol. The lowest BCUT2D eigenvalue weighted by Crippen LogP contribution is -2.11. The molecule has 1 aromatic heterocycles. The van der Waals surface area contributed by atoms with Gasteiger partial charge in [-0.05, 0) is 53.3 Å². The number of ketones is 1. The Morgan fingerprint density at radius 1 is 1.10 bits per heavy atom. The van der Waals surface area contributed by atoms with E-state index < -0.39 is 0 Å². The minimum Gasteiger partial charge on any atom is -0.287 e. The van der Waals surface area contributed by atoms with Gasteiger partial charge in [-0.2, -0.15) is 0 Å². The molecular weight excluding hydrogens is 377 g/mol. The second-order valence-corrected chi connectivity index (χ2v) is 5.71. The Labute approximate surface area is 135 Å². The molecule has 21 heavy (non-hydrogen) atoms. The number of para-hydroxylation sites is 1. The van der Waals surface area contributed by atoms with Crippen molar-refractivity contribution in [2.45, 2.75) is 6.92 Å². The van der Waals surface area contributed by atoms with Crippen molar-refractivity contribution in [1.82, 2.24) is 15.0 Å². The molecule has 0 saturated carbocycles. The van der Waals surface area contributed by atoms with Gasteiger partial charge < -0.3 is 0 Å². The molecule has 0 amide bonds. The van der Waals surface area contributed by atoms with Gasteiger partial charge >= 0.3 is 0 Å². The van der Waals surface area contributed by atoms with Gasteiger partial charge in [-0.15, -0.1) is 5.10 Å². The highest BCUT2D eigenvalue weighted by Crippen LogP contribution is 2.20. The first kappa shape index (κ1) is 13.9. The lowest BCUT2D eigenvalue weighted by atomic mass is 10.1. The van der Waals surface area contributed by atoms with Crippen LogP contribution in [0.5, 0.6) is 0 Å². The van der Waals surface area contributed by atoms with E-state index in [0.29, 0.717) is 11.3 Å². The summed E-state index contributed by atoms with van der Waals surface area (Å²) >= 11 is 2.20. The van der Waals surface area contributed by atoms with Crippen LogP contribution in [0.15, 0.2) is 54.7 Å². The Morgan fingerprint density at radius 3 is 2.62 bits per heavy atom. The SMILES string of the molecule is Cc1cccc(C(=O)c2cnnn2-c2ccccc2)c1I. The van der Waals surface area contributed by atoms with E-state index in [9.17, 15) is 4.79 Å². The highest BCUT2D eigenvalue weighted by Gasteiger charge is 2.19. The van der Waals surface area contributed by atoms with Crippen LogP contribution in [0.1, 0.15) is 21.6 Å². The van der Waals surface area contributed by atoms with Crippen LogP contribution in [0.4, 0.5) is 0 Å². The van der Waals surface area contributed by atoms with Crippen molar-refractivity contribution in [3.05, 3.63) is 75.1 Å². The maximum Gasteiger partial charge on any atom is 0.214 e. The van der Waals surface area contributed by atoms with Crippen LogP contribution >= 0.6 is 22.6 Å². The molecule has 0 bridgehead atoms. The van der Waals surface area contributed by atoms with Crippen molar-refractivity contribution in [1.29, 1.82) is 0 Å². The number of aryl methyl sites for hydroxylation is 1. The van der Waals surface area contributed by atoms with Gasteiger partial charge in [-0.25, -0.2) is 4.68 Å². The molecule has 2 aromatic carbocycles. The molecule has 0 fully saturated rings. The quantitative estimate of drug-likeness (QED) is 0.510. The molecule has 1 heterocycles. The molecule has 4 nitrogen and oxygen atoms in total. The fourth-order valence-corrected chi connectivity index (χ4v) is 2.72. The molecule has 0 aliphatic heterocycles. The molecule has 0 aliphatic carbocycles. The Morgan fingerprint density at radius 2 is 1.86 bits per heavy atom. The summed E-state index contributed by atoms with van der Waals surface area (Å²) in [4.78, 5) is 12.8. The second kappa shape index (κ2) is 5.77. The number of carbonyl (C=O) groups is 1. The standard InChI is InChI=1S/C16H12IN3O/c1-11-6-5-9-13(15(11)17)16(21)14-10-18-19-20(14)12-7-3-2-4-8-12/h2-10H,1H3. The van der Waals surface area contributed by atoms with Crippen molar-refractivity contribution in [2.24, 2.45) is 0 Å². The zero-order valence-corrected chi connectivity index (χ0v) is 13.5. The Kier molecular flexibility index (Phi) is 3.83. The fourth-order valence-electron chi connectivity index (χ4n) is 2.11. The van der Waals surface area contributed by atoms with Gasteiger partial charge in [0, 0.05) is 9.13 Å². The van der Waals surface area contributed by atoms with Crippen LogP contribution in [-0.4, -0.2) is 20.8 Å². The van der Waals surface area contributed by atoms with E-state index in [4.69, 9.17) is 0 Å². The number of nitrogens with zero attached hydrogens (tertiary/aromatic N) is 3. The Balaban J connectivity index is 2.08. The fraction of sp³-hybridized carbons (Fsp3) is 0.0625. The van der Waals surface area contributed by atoms with Gasteiger partial charge in [-0.3, -0.25) is 4.79 Å². The second-order valence-electron chi connectivity index (χ2n) is 4.63. The third-order valence-electron chi connectivity index (χ3n) is 3.22. The molecule has 104 valence electrons. The maximum absolute atomic E-state index is 12.8. The van der Waals surface area contributed by atoms with Crippen molar-refractivity contribution in [2.75, 3.05) is 0 Å². The van der Waals surface area contributed by atoms with Gasteiger partial charge in [0.1, 0.15) is 5.69 Å². The smallest absolute Gasteiger partial charge is 0.214 e. The molecule has 3 rings (SSSR count). The summed E-state index contributed by atoms with van der Waals surface area (Å²) in [5, 5.41) is 7.92. The van der Waals surface area contributed by atoms with E-state index in [0.717, 1.165) is 14.8 Å². The van der Waals surface area contributed by atoms with Crippen LogP contribution in [-0.2, 0) is 0 Å². The van der Waals surface area contributed by atoms with Crippen molar-refractivity contribution in [3.8, 4) is 5.69 Å². The largest absolute Gasteiger partial charge is 0.287 e. The summed E-state index contributed by atoms with van der Waals surface area (Å²) in [6, 6.07) is 15.2. The van der Waals surface area contributed by atoms with E-state index >= 15 is 0 Å². The van der Waals surface area contributed by atoms with E-state index in [2.05, 4.69) is 32.9 Å². The first-order valence-corrected chi connectivity index (χ1v) is 7.52. The molecule has 0 atom stereocenters. The monoisotopic (exact) mass is 389 g/mol. The van der Waals surface area contributed by atoms with Crippen LogP contribution in [0.25, 0.3) is 5.69 Å². The topological polar surface area (TPSA) is 47.8 Å². The Bertz CT molecular complexity index is 796. The molecule has 0 saturated heterocycles. The van der Waals surface area contributed by atoms with Gasteiger partial charge in [0.05, 0.1) is 11.9 Å². The van der Waals surface area contributed by atoms with Crippen LogP contribution in [0, 0.1) is 10.5 Å². The molecule has 0 spiro atoms. The molecule has 0 unspecified atom stereocenters. The van der Waals surface area contributed by atoms with Gasteiger partial charge in [-0.1, -0.05) is 35.5 Å². The summed E-state index contributed by atoms with van der Waals surface area (Å²) < 4.78 is 2.53. The molecular formula is C16H12IN3O. The summed E-state index contributed by atoms with van der Waals surface area (Å²) in [7, 11) is 0. The zero-order valence-electron chi connectivity index (χ0n) is 11.3. The van der Waals surface area contributed by atoms with Crippen LogP contribution in [0.3, 0.4) is 0 Å². The normalized spacial score (nSPS) is 10.6. The predicted octanol–water partition coefficient (Wildman–Crippen LogP) is 3.41. The zero-order chi connectivity index (χ0) is 14.8. The number of hydrogen-bond acceptors (Lipinski definition) is 3. The van der Waals surface area contributed by atoms with Crippen molar-refractivity contribution >= 4 is 28.4 Å².